The summed E-state index contributed by atoms with van der Waals surface area (Å²) in [5.74, 6) is 0.866. The summed E-state index contributed by atoms with van der Waals surface area (Å²) in [5.41, 5.74) is 1.25. The molecule has 1 saturated carbocycles. The van der Waals surface area contributed by atoms with Crippen LogP contribution in [0.4, 0.5) is 0 Å². The van der Waals surface area contributed by atoms with Crippen molar-refractivity contribution in [2.75, 3.05) is 6.54 Å². The second-order valence-corrected chi connectivity index (χ2v) is 7.24. The number of aryl methyl sites for hydroxylation is 1. The number of hydrogen-bond acceptors (Lipinski definition) is 2. The molecular formula is C17H25NOS. The second-order valence-electron chi connectivity index (χ2n) is 5.82. The van der Waals surface area contributed by atoms with Gasteiger partial charge in [0.05, 0.1) is 5.25 Å². The van der Waals surface area contributed by atoms with Crippen LogP contribution in [0.3, 0.4) is 0 Å². The molecule has 1 aliphatic rings. The summed E-state index contributed by atoms with van der Waals surface area (Å²) in [6.45, 7) is 4.92. The fourth-order valence-corrected chi connectivity index (χ4v) is 3.55. The summed E-state index contributed by atoms with van der Waals surface area (Å²) < 4.78 is 0. The Kier molecular flexibility index (Phi) is 5.96. The molecule has 0 unspecified atom stereocenters. The lowest BCUT2D eigenvalue weighted by Gasteiger charge is -2.22. The topological polar surface area (TPSA) is 29.1 Å². The first kappa shape index (κ1) is 15.4. The second kappa shape index (κ2) is 7.72. The molecule has 1 N–H and O–H groups in total. The Morgan fingerprint density at radius 3 is 2.55 bits per heavy atom. The van der Waals surface area contributed by atoms with Crippen LogP contribution in [0.5, 0.6) is 0 Å². The highest BCUT2D eigenvalue weighted by Crippen LogP contribution is 2.25. The van der Waals surface area contributed by atoms with Crippen LogP contribution in [0.15, 0.2) is 29.2 Å². The summed E-state index contributed by atoms with van der Waals surface area (Å²) >= 11 is 1.63. The van der Waals surface area contributed by atoms with Crippen LogP contribution in [0, 0.1) is 12.8 Å². The van der Waals surface area contributed by atoms with Gasteiger partial charge in [0.2, 0.25) is 5.91 Å². The Hall–Kier alpha value is -0.960. The van der Waals surface area contributed by atoms with E-state index in [1.54, 1.807) is 11.8 Å². The standard InChI is InChI=1S/C17H25NOS/c1-13-8-10-16(11-9-13)20-14(2)17(19)18-12-15-6-4-3-5-7-15/h8-11,14-15H,3-7,12H2,1-2H3,(H,18,19)/t14-/m1/s1. The fraction of sp³-hybridized carbons (Fsp3) is 0.588. The first-order valence-corrected chi connectivity index (χ1v) is 8.54. The third-order valence-electron chi connectivity index (χ3n) is 3.99. The zero-order chi connectivity index (χ0) is 14.4. The van der Waals surface area contributed by atoms with Crippen molar-refractivity contribution in [3.63, 3.8) is 0 Å². The predicted octanol–water partition coefficient (Wildman–Crippen LogP) is 4.17. The predicted molar refractivity (Wildman–Crippen MR) is 86.1 cm³/mol. The number of carbonyl (C=O) groups is 1. The lowest BCUT2D eigenvalue weighted by Crippen LogP contribution is -2.35. The van der Waals surface area contributed by atoms with Crippen LogP contribution in [0.1, 0.15) is 44.6 Å². The molecule has 3 heteroatoms. The van der Waals surface area contributed by atoms with Gasteiger partial charge in [0.15, 0.2) is 0 Å². The molecule has 0 aromatic heterocycles. The number of carbonyl (C=O) groups excluding carboxylic acids is 1. The molecule has 0 heterocycles. The molecule has 0 radical (unpaired) electrons. The van der Waals surface area contributed by atoms with E-state index in [1.807, 2.05) is 6.92 Å². The summed E-state index contributed by atoms with van der Waals surface area (Å²) in [4.78, 5) is 13.3. The van der Waals surface area contributed by atoms with E-state index < -0.39 is 0 Å². The van der Waals surface area contributed by atoms with E-state index in [0.29, 0.717) is 5.92 Å². The minimum Gasteiger partial charge on any atom is -0.355 e. The van der Waals surface area contributed by atoms with Gasteiger partial charge in [-0.3, -0.25) is 4.79 Å². The molecule has 1 aliphatic carbocycles. The first-order chi connectivity index (χ1) is 9.65. The van der Waals surface area contributed by atoms with Gasteiger partial charge in [-0.05, 0) is 44.7 Å². The maximum Gasteiger partial charge on any atom is 0.233 e. The van der Waals surface area contributed by atoms with Crippen molar-refractivity contribution < 1.29 is 4.79 Å². The summed E-state index contributed by atoms with van der Waals surface area (Å²) in [5, 5.41) is 3.10. The molecule has 1 aromatic carbocycles. The van der Waals surface area contributed by atoms with Crippen LogP contribution < -0.4 is 5.32 Å². The third kappa shape index (κ3) is 4.86. The molecule has 0 bridgehead atoms. The Bertz CT molecular complexity index is 423. The van der Waals surface area contributed by atoms with Crippen LogP contribution in [0.25, 0.3) is 0 Å². The molecule has 0 spiro atoms. The minimum atomic E-state index is -0.0266. The van der Waals surface area contributed by atoms with E-state index in [4.69, 9.17) is 0 Å². The van der Waals surface area contributed by atoms with Gasteiger partial charge in [0.1, 0.15) is 0 Å². The van der Waals surface area contributed by atoms with Gasteiger partial charge in [0.25, 0.3) is 0 Å². The molecule has 1 aromatic rings. The lowest BCUT2D eigenvalue weighted by atomic mass is 9.89. The molecule has 1 atom stereocenters. The van der Waals surface area contributed by atoms with Crippen LogP contribution >= 0.6 is 11.8 Å². The van der Waals surface area contributed by atoms with Crippen molar-refractivity contribution in [1.29, 1.82) is 0 Å². The van der Waals surface area contributed by atoms with Crippen molar-refractivity contribution >= 4 is 17.7 Å². The number of nitrogens with one attached hydrogen (secondary N) is 1. The summed E-state index contributed by atoms with van der Waals surface area (Å²) in [6.07, 6.45) is 6.58. The largest absolute Gasteiger partial charge is 0.355 e. The van der Waals surface area contributed by atoms with Crippen molar-refractivity contribution in [2.45, 2.75) is 56.1 Å². The van der Waals surface area contributed by atoms with Gasteiger partial charge in [-0.2, -0.15) is 0 Å². The van der Waals surface area contributed by atoms with E-state index >= 15 is 0 Å². The minimum absolute atomic E-state index is 0.0266. The Labute approximate surface area is 126 Å². The van der Waals surface area contributed by atoms with Gasteiger partial charge in [-0.15, -0.1) is 11.8 Å². The van der Waals surface area contributed by atoms with Gasteiger partial charge >= 0.3 is 0 Å². The Morgan fingerprint density at radius 2 is 1.90 bits per heavy atom. The van der Waals surface area contributed by atoms with Crippen LogP contribution in [-0.2, 0) is 4.79 Å². The number of amides is 1. The average molecular weight is 291 g/mol. The molecule has 1 fully saturated rings. The average Bonchev–Trinajstić information content (AvgIpc) is 2.48. The number of thioether (sulfide) groups is 1. The van der Waals surface area contributed by atoms with E-state index in [2.05, 4.69) is 36.5 Å². The van der Waals surface area contributed by atoms with Crippen LogP contribution in [0.2, 0.25) is 0 Å². The molecule has 1 amide bonds. The lowest BCUT2D eigenvalue weighted by molar-refractivity contribution is -0.120. The molecule has 110 valence electrons. The van der Waals surface area contributed by atoms with Crippen molar-refractivity contribution in [3.05, 3.63) is 29.8 Å². The third-order valence-corrected chi connectivity index (χ3v) is 5.10. The Balaban J connectivity index is 1.75. The number of rotatable bonds is 5. The smallest absolute Gasteiger partial charge is 0.233 e. The maximum absolute atomic E-state index is 12.1. The van der Waals surface area contributed by atoms with Crippen molar-refractivity contribution in [1.82, 2.24) is 5.32 Å². The van der Waals surface area contributed by atoms with Gasteiger partial charge in [0, 0.05) is 11.4 Å². The molecular weight excluding hydrogens is 266 g/mol. The van der Waals surface area contributed by atoms with E-state index in [9.17, 15) is 4.79 Å². The van der Waals surface area contributed by atoms with Gasteiger partial charge in [-0.25, -0.2) is 0 Å². The SMILES string of the molecule is Cc1ccc(S[C@H](C)C(=O)NCC2CCCCC2)cc1. The normalized spacial score (nSPS) is 17.7. The van der Waals surface area contributed by atoms with E-state index in [1.165, 1.54) is 37.7 Å². The summed E-state index contributed by atoms with van der Waals surface area (Å²) in [7, 11) is 0. The quantitative estimate of drug-likeness (QED) is 0.825. The highest BCUT2D eigenvalue weighted by molar-refractivity contribution is 8.00. The first-order valence-electron chi connectivity index (χ1n) is 7.66. The maximum atomic E-state index is 12.1. The molecule has 20 heavy (non-hydrogen) atoms. The Morgan fingerprint density at radius 1 is 1.25 bits per heavy atom. The fourth-order valence-electron chi connectivity index (χ4n) is 2.65. The van der Waals surface area contributed by atoms with E-state index in [-0.39, 0.29) is 11.2 Å². The van der Waals surface area contributed by atoms with Crippen LogP contribution in [-0.4, -0.2) is 17.7 Å². The van der Waals surface area contributed by atoms with E-state index in [0.717, 1.165) is 11.4 Å². The van der Waals surface area contributed by atoms with Gasteiger partial charge in [-0.1, -0.05) is 37.0 Å². The number of benzene rings is 1. The molecule has 0 aliphatic heterocycles. The highest BCUT2D eigenvalue weighted by atomic mass is 32.2. The highest BCUT2D eigenvalue weighted by Gasteiger charge is 2.17. The zero-order valence-corrected chi connectivity index (χ0v) is 13.3. The zero-order valence-electron chi connectivity index (χ0n) is 12.5. The molecule has 2 nitrogen and oxygen atoms in total. The van der Waals surface area contributed by atoms with Crippen molar-refractivity contribution in [3.8, 4) is 0 Å². The monoisotopic (exact) mass is 291 g/mol. The molecule has 0 saturated heterocycles. The molecule has 2 rings (SSSR count). The number of hydrogen-bond donors (Lipinski definition) is 1. The summed E-state index contributed by atoms with van der Waals surface area (Å²) in [6, 6.07) is 8.36. The van der Waals surface area contributed by atoms with Crippen molar-refractivity contribution in [2.24, 2.45) is 5.92 Å². The van der Waals surface area contributed by atoms with Gasteiger partial charge < -0.3 is 5.32 Å².